The summed E-state index contributed by atoms with van der Waals surface area (Å²) in [7, 11) is 0. The zero-order chi connectivity index (χ0) is 12.0. The Kier molecular flexibility index (Phi) is 5.59. The smallest absolute Gasteiger partial charge is 0.0274 e. The molecule has 0 atom stereocenters. The number of aryl methyl sites for hydroxylation is 3. The molecule has 1 aromatic carbocycles. The van der Waals surface area contributed by atoms with Gasteiger partial charge in [-0.3, -0.25) is 0 Å². The van der Waals surface area contributed by atoms with E-state index in [0.29, 0.717) is 0 Å². The monoisotopic (exact) mass is 217 g/mol. The summed E-state index contributed by atoms with van der Waals surface area (Å²) in [4.78, 5) is 0. The molecule has 0 saturated heterocycles. The molecule has 0 heterocycles. The van der Waals surface area contributed by atoms with E-state index in [1.54, 1.807) is 5.56 Å². The molecule has 0 aliphatic heterocycles. The predicted octanol–water partition coefficient (Wildman–Crippen LogP) is 4.94. The van der Waals surface area contributed by atoms with Crippen molar-refractivity contribution in [3.63, 3.8) is 0 Å². The number of rotatable bonds is 6. The second-order valence-electron chi connectivity index (χ2n) is 4.90. The van der Waals surface area contributed by atoms with Gasteiger partial charge in [-0.1, -0.05) is 50.3 Å². The van der Waals surface area contributed by atoms with Crippen molar-refractivity contribution in [1.29, 1.82) is 0 Å². The van der Waals surface area contributed by atoms with Crippen molar-refractivity contribution in [2.24, 2.45) is 0 Å². The topological polar surface area (TPSA) is 0 Å². The molecule has 1 rings (SSSR count). The Morgan fingerprint density at radius 2 is 1.44 bits per heavy atom. The molecule has 0 nitrogen and oxygen atoms in total. The van der Waals surface area contributed by atoms with E-state index >= 15 is 0 Å². The Morgan fingerprint density at radius 1 is 0.875 bits per heavy atom. The molecule has 0 aromatic heterocycles. The maximum Gasteiger partial charge on any atom is -0.0274 e. The molecule has 0 saturated carbocycles. The van der Waals surface area contributed by atoms with Crippen molar-refractivity contribution < 1.29 is 0 Å². The van der Waals surface area contributed by atoms with Gasteiger partial charge in [0.15, 0.2) is 0 Å². The lowest BCUT2D eigenvalue weighted by Gasteiger charge is -2.11. The van der Waals surface area contributed by atoms with Crippen LogP contribution in [0.2, 0.25) is 0 Å². The third kappa shape index (κ3) is 4.00. The Labute approximate surface area is 101 Å². The van der Waals surface area contributed by atoms with Crippen LogP contribution in [-0.4, -0.2) is 0 Å². The van der Waals surface area contributed by atoms with Crippen molar-refractivity contribution in [2.75, 3.05) is 0 Å². The average Bonchev–Trinajstić information content (AvgIpc) is 2.20. The number of hydrogen-bond donors (Lipinski definition) is 0. The van der Waals surface area contributed by atoms with Gasteiger partial charge in [0.1, 0.15) is 0 Å². The van der Waals surface area contributed by atoms with Gasteiger partial charge in [0.25, 0.3) is 0 Å². The van der Waals surface area contributed by atoms with E-state index in [0.717, 1.165) is 6.42 Å². The lowest BCUT2D eigenvalue weighted by molar-refractivity contribution is 0.643. The molecule has 0 N–H and O–H groups in total. The fraction of sp³-hybridized carbons (Fsp3) is 0.562. The largest absolute Gasteiger partial charge is 0.0561 e. The molecule has 0 spiro atoms. The van der Waals surface area contributed by atoms with Gasteiger partial charge in [-0.05, 0) is 50.3 Å². The fourth-order valence-electron chi connectivity index (χ4n) is 2.44. The van der Waals surface area contributed by atoms with Crippen LogP contribution in [-0.2, 0) is 6.42 Å². The maximum absolute atomic E-state index is 3.88. The first-order valence-corrected chi connectivity index (χ1v) is 6.51. The van der Waals surface area contributed by atoms with E-state index in [1.165, 1.54) is 48.8 Å². The Morgan fingerprint density at radius 3 is 2.00 bits per heavy atom. The van der Waals surface area contributed by atoms with Crippen molar-refractivity contribution >= 4 is 0 Å². The quantitative estimate of drug-likeness (QED) is 0.592. The van der Waals surface area contributed by atoms with Crippen LogP contribution in [0.15, 0.2) is 12.1 Å². The third-order valence-electron chi connectivity index (χ3n) is 3.27. The molecular formula is C16H25. The Bertz CT molecular complexity index is 300. The van der Waals surface area contributed by atoms with E-state index in [1.807, 2.05) is 0 Å². The molecule has 16 heavy (non-hydrogen) atoms. The van der Waals surface area contributed by atoms with E-state index in [9.17, 15) is 0 Å². The van der Waals surface area contributed by atoms with Crippen molar-refractivity contribution in [3.05, 3.63) is 41.3 Å². The first-order chi connectivity index (χ1) is 7.65. The van der Waals surface area contributed by atoms with E-state index in [-0.39, 0.29) is 0 Å². The molecule has 0 heteroatoms. The minimum Gasteiger partial charge on any atom is -0.0561 e. The zero-order valence-corrected chi connectivity index (χ0v) is 11.1. The normalized spacial score (nSPS) is 10.8. The fourth-order valence-corrected chi connectivity index (χ4v) is 2.44. The van der Waals surface area contributed by atoms with Crippen LogP contribution in [0.4, 0.5) is 0 Å². The first-order valence-electron chi connectivity index (χ1n) is 6.51. The minimum absolute atomic E-state index is 1.09. The van der Waals surface area contributed by atoms with Crippen molar-refractivity contribution in [3.8, 4) is 0 Å². The molecule has 0 aliphatic rings. The van der Waals surface area contributed by atoms with Crippen LogP contribution in [0.25, 0.3) is 0 Å². The Balaban J connectivity index is 2.47. The number of unbranched alkanes of at least 4 members (excludes halogenated alkanes) is 4. The highest BCUT2D eigenvalue weighted by atomic mass is 14.1. The molecule has 0 aliphatic carbocycles. The maximum atomic E-state index is 3.88. The highest BCUT2D eigenvalue weighted by molar-refractivity contribution is 5.37. The van der Waals surface area contributed by atoms with Crippen LogP contribution in [0, 0.1) is 27.7 Å². The lowest BCUT2D eigenvalue weighted by atomic mass is 9.95. The SMILES string of the molecule is [CH2]CCCCCCc1c(C)cc(C)cc1C. The van der Waals surface area contributed by atoms with E-state index < -0.39 is 0 Å². The molecule has 1 radical (unpaired) electrons. The molecule has 0 fully saturated rings. The van der Waals surface area contributed by atoms with Crippen LogP contribution in [0.5, 0.6) is 0 Å². The lowest BCUT2D eigenvalue weighted by Crippen LogP contribution is -1.95. The van der Waals surface area contributed by atoms with Crippen molar-refractivity contribution in [2.45, 2.75) is 59.3 Å². The highest BCUT2D eigenvalue weighted by Gasteiger charge is 2.03. The van der Waals surface area contributed by atoms with Gasteiger partial charge in [-0.15, -0.1) is 0 Å². The van der Waals surface area contributed by atoms with Crippen LogP contribution in [0.3, 0.4) is 0 Å². The average molecular weight is 217 g/mol. The summed E-state index contributed by atoms with van der Waals surface area (Å²) in [6.07, 6.45) is 7.63. The van der Waals surface area contributed by atoms with Gasteiger partial charge in [0, 0.05) is 0 Å². The van der Waals surface area contributed by atoms with Gasteiger partial charge in [-0.2, -0.15) is 0 Å². The second-order valence-corrected chi connectivity index (χ2v) is 4.90. The molecule has 1 aromatic rings. The van der Waals surface area contributed by atoms with Crippen LogP contribution >= 0.6 is 0 Å². The summed E-state index contributed by atoms with van der Waals surface area (Å²) in [5.41, 5.74) is 5.89. The van der Waals surface area contributed by atoms with Gasteiger partial charge in [-0.25, -0.2) is 0 Å². The van der Waals surface area contributed by atoms with Gasteiger partial charge >= 0.3 is 0 Å². The zero-order valence-electron chi connectivity index (χ0n) is 11.1. The van der Waals surface area contributed by atoms with E-state index in [2.05, 4.69) is 39.8 Å². The number of benzene rings is 1. The first kappa shape index (κ1) is 13.3. The van der Waals surface area contributed by atoms with Crippen LogP contribution < -0.4 is 0 Å². The second kappa shape index (κ2) is 6.73. The minimum atomic E-state index is 1.09. The standard InChI is InChI=1S/C16H25/c1-5-6-7-8-9-10-16-14(3)11-13(2)12-15(16)4/h11-12H,1,5-10H2,2-4H3. The highest BCUT2D eigenvalue weighted by Crippen LogP contribution is 2.19. The van der Waals surface area contributed by atoms with Gasteiger partial charge < -0.3 is 0 Å². The third-order valence-corrected chi connectivity index (χ3v) is 3.27. The van der Waals surface area contributed by atoms with Crippen molar-refractivity contribution in [1.82, 2.24) is 0 Å². The summed E-state index contributed by atoms with van der Waals surface area (Å²) in [5.74, 6) is 0. The molecule has 0 amide bonds. The summed E-state index contributed by atoms with van der Waals surface area (Å²) in [6, 6.07) is 4.61. The van der Waals surface area contributed by atoms with E-state index in [4.69, 9.17) is 0 Å². The predicted molar refractivity (Wildman–Crippen MR) is 72.8 cm³/mol. The van der Waals surface area contributed by atoms with Gasteiger partial charge in [0.2, 0.25) is 0 Å². The van der Waals surface area contributed by atoms with Gasteiger partial charge in [0.05, 0.1) is 0 Å². The summed E-state index contributed by atoms with van der Waals surface area (Å²) >= 11 is 0. The molecular weight excluding hydrogens is 192 g/mol. The summed E-state index contributed by atoms with van der Waals surface area (Å²) in [5, 5.41) is 0. The number of hydrogen-bond acceptors (Lipinski definition) is 0. The molecule has 0 unspecified atom stereocenters. The summed E-state index contributed by atoms with van der Waals surface area (Å²) in [6.45, 7) is 10.5. The van der Waals surface area contributed by atoms with Crippen LogP contribution in [0.1, 0.15) is 54.4 Å². The summed E-state index contributed by atoms with van der Waals surface area (Å²) < 4.78 is 0. The Hall–Kier alpha value is -0.780. The molecule has 89 valence electrons. The molecule has 0 bridgehead atoms.